The maximum Gasteiger partial charge on any atom is 0.179 e. The third-order valence-electron chi connectivity index (χ3n) is 2.48. The molecule has 3 nitrogen and oxygen atoms in total. The van der Waals surface area contributed by atoms with Gasteiger partial charge in [-0.2, -0.15) is 0 Å². The summed E-state index contributed by atoms with van der Waals surface area (Å²) in [5, 5.41) is 0. The van der Waals surface area contributed by atoms with Crippen LogP contribution in [-0.4, -0.2) is 18.2 Å². The second-order valence-corrected chi connectivity index (χ2v) is 4.23. The van der Waals surface area contributed by atoms with E-state index in [-0.39, 0.29) is 0 Å². The van der Waals surface area contributed by atoms with Crippen LogP contribution in [0.5, 0.6) is 11.5 Å². The molecule has 1 aliphatic carbocycles. The van der Waals surface area contributed by atoms with E-state index < -0.39 is 0 Å². The molecule has 1 heterocycles. The van der Waals surface area contributed by atoms with E-state index in [2.05, 4.69) is 18.8 Å². The van der Waals surface area contributed by atoms with Crippen LogP contribution in [0.25, 0.3) is 0 Å². The highest BCUT2D eigenvalue weighted by atomic mass is 16.5. The average molecular weight is 207 g/mol. The van der Waals surface area contributed by atoms with Crippen molar-refractivity contribution in [2.45, 2.75) is 38.7 Å². The van der Waals surface area contributed by atoms with Gasteiger partial charge in [-0.05, 0) is 18.8 Å². The van der Waals surface area contributed by atoms with Crippen LogP contribution in [0.1, 0.15) is 38.3 Å². The molecule has 0 bridgehead atoms. The van der Waals surface area contributed by atoms with Gasteiger partial charge >= 0.3 is 0 Å². The first kappa shape index (κ1) is 10.3. The predicted octanol–water partition coefficient (Wildman–Crippen LogP) is 2.75. The van der Waals surface area contributed by atoms with Crippen LogP contribution in [0.15, 0.2) is 12.3 Å². The van der Waals surface area contributed by atoms with E-state index in [4.69, 9.17) is 9.47 Å². The van der Waals surface area contributed by atoms with Crippen LogP contribution >= 0.6 is 0 Å². The van der Waals surface area contributed by atoms with Crippen molar-refractivity contribution in [3.63, 3.8) is 0 Å². The highest BCUT2D eigenvalue weighted by molar-refractivity contribution is 5.40. The first-order valence-electron chi connectivity index (χ1n) is 5.41. The number of rotatable bonds is 4. The van der Waals surface area contributed by atoms with Gasteiger partial charge in [0.15, 0.2) is 11.5 Å². The molecule has 0 unspecified atom stereocenters. The van der Waals surface area contributed by atoms with Crippen molar-refractivity contribution in [3.05, 3.63) is 18.0 Å². The van der Waals surface area contributed by atoms with Crippen LogP contribution in [0.2, 0.25) is 0 Å². The molecule has 3 heteroatoms. The molecule has 0 radical (unpaired) electrons. The maximum atomic E-state index is 5.69. The molecule has 1 fully saturated rings. The summed E-state index contributed by atoms with van der Waals surface area (Å²) in [5.74, 6) is 1.97. The monoisotopic (exact) mass is 207 g/mol. The quantitative estimate of drug-likeness (QED) is 0.760. The predicted molar refractivity (Wildman–Crippen MR) is 58.5 cm³/mol. The van der Waals surface area contributed by atoms with Crippen molar-refractivity contribution in [2.75, 3.05) is 7.11 Å². The van der Waals surface area contributed by atoms with E-state index in [0.29, 0.717) is 12.0 Å². The molecule has 2 rings (SSSR count). The largest absolute Gasteiger partial charge is 0.493 e. The second-order valence-electron chi connectivity index (χ2n) is 4.23. The van der Waals surface area contributed by atoms with Crippen LogP contribution in [-0.2, 0) is 0 Å². The zero-order valence-corrected chi connectivity index (χ0v) is 9.49. The number of nitrogens with zero attached hydrogens (tertiary/aromatic N) is 1. The van der Waals surface area contributed by atoms with Gasteiger partial charge in [0, 0.05) is 11.8 Å². The van der Waals surface area contributed by atoms with Gasteiger partial charge in [0.25, 0.3) is 0 Å². The Kier molecular flexibility index (Phi) is 2.80. The fourth-order valence-corrected chi connectivity index (χ4v) is 1.37. The molecule has 15 heavy (non-hydrogen) atoms. The normalized spacial score (nSPS) is 15.5. The minimum atomic E-state index is 0.380. The van der Waals surface area contributed by atoms with Crippen molar-refractivity contribution < 1.29 is 9.47 Å². The van der Waals surface area contributed by atoms with Gasteiger partial charge in [0.2, 0.25) is 0 Å². The van der Waals surface area contributed by atoms with Crippen molar-refractivity contribution >= 4 is 0 Å². The number of pyridine rings is 1. The molecule has 1 aliphatic rings. The SMILES string of the molecule is COc1cc(C(C)C)ncc1OC1CC1. The lowest BCUT2D eigenvalue weighted by Crippen LogP contribution is -2.01. The molecule has 0 spiro atoms. The van der Waals surface area contributed by atoms with Crippen molar-refractivity contribution in [1.82, 2.24) is 4.98 Å². The average Bonchev–Trinajstić information content (AvgIpc) is 3.02. The number of aromatic nitrogens is 1. The summed E-state index contributed by atoms with van der Waals surface area (Å²) in [6, 6.07) is 1.96. The molecule has 0 saturated heterocycles. The molecule has 0 amide bonds. The Bertz CT molecular complexity index is 345. The summed E-state index contributed by atoms with van der Waals surface area (Å²) in [5.41, 5.74) is 1.04. The molecule has 82 valence electrons. The summed E-state index contributed by atoms with van der Waals surface area (Å²) in [4.78, 5) is 4.36. The molecule has 1 aromatic rings. The highest BCUT2D eigenvalue weighted by Crippen LogP contribution is 2.34. The molecule has 1 saturated carbocycles. The first-order chi connectivity index (χ1) is 7.20. The van der Waals surface area contributed by atoms with Crippen LogP contribution in [0.3, 0.4) is 0 Å². The number of methoxy groups -OCH3 is 1. The Labute approximate surface area is 90.4 Å². The number of hydrogen-bond acceptors (Lipinski definition) is 3. The lowest BCUT2D eigenvalue weighted by Gasteiger charge is -2.12. The molecule has 0 aliphatic heterocycles. The Morgan fingerprint density at radius 2 is 2.07 bits per heavy atom. The Morgan fingerprint density at radius 1 is 1.33 bits per heavy atom. The molecular formula is C12H17NO2. The van der Waals surface area contributed by atoms with E-state index in [1.54, 1.807) is 13.3 Å². The summed E-state index contributed by atoms with van der Waals surface area (Å²) in [7, 11) is 1.67. The van der Waals surface area contributed by atoms with E-state index in [0.717, 1.165) is 30.0 Å². The van der Waals surface area contributed by atoms with Crippen molar-refractivity contribution in [2.24, 2.45) is 0 Å². The molecule has 1 aromatic heterocycles. The van der Waals surface area contributed by atoms with Gasteiger partial charge < -0.3 is 9.47 Å². The van der Waals surface area contributed by atoms with E-state index in [1.807, 2.05) is 6.07 Å². The highest BCUT2D eigenvalue weighted by Gasteiger charge is 2.25. The Morgan fingerprint density at radius 3 is 2.60 bits per heavy atom. The van der Waals surface area contributed by atoms with Gasteiger partial charge in [-0.15, -0.1) is 0 Å². The van der Waals surface area contributed by atoms with E-state index in [1.165, 1.54) is 0 Å². The minimum absolute atomic E-state index is 0.380. The molecular weight excluding hydrogens is 190 g/mol. The van der Waals surface area contributed by atoms with E-state index in [9.17, 15) is 0 Å². The standard InChI is InChI=1S/C12H17NO2/c1-8(2)10-6-11(14-3)12(7-13-10)15-9-4-5-9/h6-9H,4-5H2,1-3H3. The van der Waals surface area contributed by atoms with Gasteiger partial charge in [0.1, 0.15) is 0 Å². The molecule has 0 atom stereocenters. The third-order valence-corrected chi connectivity index (χ3v) is 2.48. The smallest absolute Gasteiger partial charge is 0.179 e. The summed E-state index contributed by atoms with van der Waals surface area (Å²) >= 11 is 0. The fourth-order valence-electron chi connectivity index (χ4n) is 1.37. The van der Waals surface area contributed by atoms with Gasteiger partial charge in [-0.3, -0.25) is 4.98 Å². The topological polar surface area (TPSA) is 31.4 Å². The van der Waals surface area contributed by atoms with Gasteiger partial charge in [-0.25, -0.2) is 0 Å². The lowest BCUT2D eigenvalue weighted by atomic mass is 10.1. The summed E-state index contributed by atoms with van der Waals surface area (Å²) < 4.78 is 11.0. The van der Waals surface area contributed by atoms with Crippen LogP contribution in [0.4, 0.5) is 0 Å². The first-order valence-corrected chi connectivity index (χ1v) is 5.41. The van der Waals surface area contributed by atoms with Crippen LogP contribution < -0.4 is 9.47 Å². The van der Waals surface area contributed by atoms with E-state index >= 15 is 0 Å². The maximum absolute atomic E-state index is 5.69. The zero-order chi connectivity index (χ0) is 10.8. The van der Waals surface area contributed by atoms with Crippen LogP contribution in [0, 0.1) is 0 Å². The Balaban J connectivity index is 2.21. The second kappa shape index (κ2) is 4.09. The fraction of sp³-hybridized carbons (Fsp3) is 0.583. The number of hydrogen-bond donors (Lipinski definition) is 0. The Hall–Kier alpha value is -1.25. The molecule has 0 N–H and O–H groups in total. The van der Waals surface area contributed by atoms with Gasteiger partial charge in [0.05, 0.1) is 19.4 Å². The van der Waals surface area contributed by atoms with Gasteiger partial charge in [-0.1, -0.05) is 13.8 Å². The summed E-state index contributed by atoms with van der Waals surface area (Å²) in [6.07, 6.45) is 4.45. The van der Waals surface area contributed by atoms with Crippen molar-refractivity contribution in [1.29, 1.82) is 0 Å². The zero-order valence-electron chi connectivity index (χ0n) is 9.49. The van der Waals surface area contributed by atoms with Crippen molar-refractivity contribution in [3.8, 4) is 11.5 Å². The number of ether oxygens (including phenoxy) is 2. The third kappa shape index (κ3) is 2.41. The summed E-state index contributed by atoms with van der Waals surface area (Å²) in [6.45, 7) is 4.23. The minimum Gasteiger partial charge on any atom is -0.493 e. The lowest BCUT2D eigenvalue weighted by molar-refractivity contribution is 0.280. The molecule has 0 aromatic carbocycles.